The van der Waals surface area contributed by atoms with Gasteiger partial charge in [0.15, 0.2) is 0 Å². The lowest BCUT2D eigenvalue weighted by atomic mass is 10.1. The topological polar surface area (TPSA) is 53.1 Å². The van der Waals surface area contributed by atoms with Crippen LogP contribution in [0.2, 0.25) is 0 Å². The minimum absolute atomic E-state index is 0.123. The van der Waals surface area contributed by atoms with E-state index in [9.17, 15) is 9.59 Å². The van der Waals surface area contributed by atoms with Crippen molar-refractivity contribution in [3.63, 3.8) is 0 Å². The van der Waals surface area contributed by atoms with Gasteiger partial charge in [0, 0.05) is 44.8 Å². The number of likely N-dealkylation sites (tertiary alicyclic amines) is 1. The Hall–Kier alpha value is -2.08. The highest BCUT2D eigenvalue weighted by atomic mass is 16.5. The number of carbonyl (C=O) groups excluding carboxylic acids is 2. The summed E-state index contributed by atoms with van der Waals surface area (Å²) in [5.74, 6) is 1.12. The van der Waals surface area contributed by atoms with Gasteiger partial charge >= 0.3 is 0 Å². The molecule has 0 saturated carbocycles. The second-order valence-corrected chi connectivity index (χ2v) is 7.44. The van der Waals surface area contributed by atoms with Crippen molar-refractivity contribution in [2.24, 2.45) is 0 Å². The molecule has 3 rings (SSSR count). The van der Waals surface area contributed by atoms with E-state index in [4.69, 9.17) is 4.74 Å². The molecule has 2 aliphatic rings. The monoisotopic (exact) mass is 373 g/mol. The summed E-state index contributed by atoms with van der Waals surface area (Å²) in [4.78, 5) is 31.3. The highest BCUT2D eigenvalue weighted by Crippen LogP contribution is 2.19. The third kappa shape index (κ3) is 5.45. The second kappa shape index (κ2) is 9.74. The number of para-hydroxylation sites is 1. The minimum atomic E-state index is 0.123. The molecule has 2 heterocycles. The summed E-state index contributed by atoms with van der Waals surface area (Å²) in [7, 11) is 1.63. The Bertz CT molecular complexity index is 633. The zero-order chi connectivity index (χ0) is 19.1. The Morgan fingerprint density at radius 3 is 2.15 bits per heavy atom. The third-order valence-corrected chi connectivity index (χ3v) is 5.58. The number of amides is 2. The summed E-state index contributed by atoms with van der Waals surface area (Å²) in [6.45, 7) is 5.16. The van der Waals surface area contributed by atoms with Crippen LogP contribution in [0.5, 0.6) is 5.75 Å². The number of nitrogens with zero attached hydrogens (tertiary/aromatic N) is 3. The van der Waals surface area contributed by atoms with Gasteiger partial charge < -0.3 is 14.5 Å². The molecule has 2 amide bonds. The number of rotatable bonds is 5. The van der Waals surface area contributed by atoms with Crippen molar-refractivity contribution in [3.05, 3.63) is 29.8 Å². The van der Waals surface area contributed by atoms with Crippen molar-refractivity contribution >= 4 is 11.8 Å². The number of hydrogen-bond donors (Lipinski definition) is 0. The molecule has 27 heavy (non-hydrogen) atoms. The first kappa shape index (κ1) is 19.7. The maximum absolute atomic E-state index is 12.6. The smallest absolute Gasteiger partial charge is 0.236 e. The fourth-order valence-electron chi connectivity index (χ4n) is 3.89. The Balaban J connectivity index is 1.45. The molecule has 148 valence electrons. The molecule has 0 unspecified atom stereocenters. The average Bonchev–Trinajstić information content (AvgIpc) is 2.98. The molecule has 1 aromatic carbocycles. The summed E-state index contributed by atoms with van der Waals surface area (Å²) in [6, 6.07) is 7.66. The molecule has 0 bridgehead atoms. The van der Waals surface area contributed by atoms with Gasteiger partial charge in [0.1, 0.15) is 5.75 Å². The fourth-order valence-corrected chi connectivity index (χ4v) is 3.89. The molecule has 0 radical (unpaired) electrons. The molecule has 2 saturated heterocycles. The lowest BCUT2D eigenvalue weighted by Crippen LogP contribution is -2.52. The quantitative estimate of drug-likeness (QED) is 0.790. The highest BCUT2D eigenvalue weighted by Gasteiger charge is 2.25. The van der Waals surface area contributed by atoms with Gasteiger partial charge in [-0.2, -0.15) is 0 Å². The van der Waals surface area contributed by atoms with E-state index in [0.717, 1.165) is 50.3 Å². The maximum Gasteiger partial charge on any atom is 0.236 e. The Morgan fingerprint density at radius 2 is 1.48 bits per heavy atom. The second-order valence-electron chi connectivity index (χ2n) is 7.44. The maximum atomic E-state index is 12.6. The zero-order valence-corrected chi connectivity index (χ0v) is 16.4. The van der Waals surface area contributed by atoms with Gasteiger partial charge in [-0.05, 0) is 18.9 Å². The molecular weight excluding hydrogens is 342 g/mol. The van der Waals surface area contributed by atoms with E-state index in [0.29, 0.717) is 26.1 Å². The lowest BCUT2D eigenvalue weighted by molar-refractivity contribution is -0.134. The van der Waals surface area contributed by atoms with Gasteiger partial charge in [0.25, 0.3) is 0 Å². The van der Waals surface area contributed by atoms with Crippen LogP contribution in [0.4, 0.5) is 0 Å². The van der Waals surface area contributed by atoms with E-state index in [1.54, 1.807) is 7.11 Å². The SMILES string of the molecule is COc1ccccc1CC(=O)N1CCN(CC(=O)N2CCCCCC2)CC1. The Morgan fingerprint density at radius 1 is 0.852 bits per heavy atom. The van der Waals surface area contributed by atoms with Crippen LogP contribution in [0.1, 0.15) is 31.2 Å². The summed E-state index contributed by atoms with van der Waals surface area (Å²) in [6.07, 6.45) is 5.07. The van der Waals surface area contributed by atoms with E-state index >= 15 is 0 Å². The number of benzene rings is 1. The standard InChI is InChI=1S/C21H31N3O3/c1-27-19-9-5-4-8-18(19)16-20(25)24-14-12-22(13-15-24)17-21(26)23-10-6-2-3-7-11-23/h4-5,8-9H,2-3,6-7,10-17H2,1H3. The van der Waals surface area contributed by atoms with Crippen LogP contribution in [-0.2, 0) is 16.0 Å². The first-order chi connectivity index (χ1) is 13.2. The van der Waals surface area contributed by atoms with E-state index in [1.165, 1.54) is 12.8 Å². The minimum Gasteiger partial charge on any atom is -0.496 e. The molecule has 0 aliphatic carbocycles. The Kier molecular flexibility index (Phi) is 7.10. The zero-order valence-electron chi connectivity index (χ0n) is 16.4. The first-order valence-electron chi connectivity index (χ1n) is 10.1. The van der Waals surface area contributed by atoms with Crippen molar-refractivity contribution in [2.75, 3.05) is 52.9 Å². The number of piperazine rings is 1. The predicted molar refractivity (Wildman–Crippen MR) is 105 cm³/mol. The number of ether oxygens (including phenoxy) is 1. The number of hydrogen-bond acceptors (Lipinski definition) is 4. The molecule has 6 nitrogen and oxygen atoms in total. The van der Waals surface area contributed by atoms with Crippen molar-refractivity contribution in [3.8, 4) is 5.75 Å². The molecule has 2 fully saturated rings. The van der Waals surface area contributed by atoms with Crippen LogP contribution in [0.3, 0.4) is 0 Å². The molecule has 2 aliphatic heterocycles. The van der Waals surface area contributed by atoms with Crippen LogP contribution in [0.15, 0.2) is 24.3 Å². The van der Waals surface area contributed by atoms with E-state index in [-0.39, 0.29) is 11.8 Å². The van der Waals surface area contributed by atoms with Crippen molar-refractivity contribution in [1.82, 2.24) is 14.7 Å². The van der Waals surface area contributed by atoms with Gasteiger partial charge in [-0.15, -0.1) is 0 Å². The number of carbonyl (C=O) groups is 2. The third-order valence-electron chi connectivity index (χ3n) is 5.58. The van der Waals surface area contributed by atoms with E-state index in [1.807, 2.05) is 34.1 Å². The van der Waals surface area contributed by atoms with Gasteiger partial charge in [-0.25, -0.2) is 0 Å². The molecule has 6 heteroatoms. The summed E-state index contributed by atoms with van der Waals surface area (Å²) >= 11 is 0. The average molecular weight is 373 g/mol. The normalized spacial score (nSPS) is 18.9. The molecule has 0 atom stereocenters. The van der Waals surface area contributed by atoms with E-state index < -0.39 is 0 Å². The summed E-state index contributed by atoms with van der Waals surface area (Å²) < 4.78 is 5.34. The van der Waals surface area contributed by atoms with Crippen LogP contribution in [-0.4, -0.2) is 79.4 Å². The van der Waals surface area contributed by atoms with Crippen molar-refractivity contribution in [1.29, 1.82) is 0 Å². The Labute approximate surface area is 162 Å². The molecule has 1 aromatic rings. The van der Waals surface area contributed by atoms with Crippen LogP contribution in [0.25, 0.3) is 0 Å². The molecule has 0 N–H and O–H groups in total. The summed E-state index contributed by atoms with van der Waals surface area (Å²) in [5, 5.41) is 0. The highest BCUT2D eigenvalue weighted by molar-refractivity contribution is 5.80. The van der Waals surface area contributed by atoms with Gasteiger partial charge in [-0.3, -0.25) is 14.5 Å². The van der Waals surface area contributed by atoms with Crippen molar-refractivity contribution in [2.45, 2.75) is 32.1 Å². The predicted octanol–water partition coefficient (Wildman–Crippen LogP) is 1.78. The molecule has 0 aromatic heterocycles. The van der Waals surface area contributed by atoms with Gasteiger partial charge in [0.2, 0.25) is 11.8 Å². The molecule has 0 spiro atoms. The summed E-state index contributed by atoms with van der Waals surface area (Å²) in [5.41, 5.74) is 0.920. The number of methoxy groups -OCH3 is 1. The fraction of sp³-hybridized carbons (Fsp3) is 0.619. The van der Waals surface area contributed by atoms with Crippen molar-refractivity contribution < 1.29 is 14.3 Å². The van der Waals surface area contributed by atoms with Crippen LogP contribution >= 0.6 is 0 Å². The van der Waals surface area contributed by atoms with Crippen LogP contribution in [0, 0.1) is 0 Å². The van der Waals surface area contributed by atoms with E-state index in [2.05, 4.69) is 4.90 Å². The first-order valence-corrected chi connectivity index (χ1v) is 10.1. The lowest BCUT2D eigenvalue weighted by Gasteiger charge is -2.35. The van der Waals surface area contributed by atoms with Crippen LogP contribution < -0.4 is 4.74 Å². The molecular formula is C21H31N3O3. The largest absolute Gasteiger partial charge is 0.496 e. The van der Waals surface area contributed by atoms with Gasteiger partial charge in [0.05, 0.1) is 20.1 Å². The van der Waals surface area contributed by atoms with Gasteiger partial charge in [-0.1, -0.05) is 31.0 Å².